The lowest BCUT2D eigenvalue weighted by Gasteiger charge is -2.18. The summed E-state index contributed by atoms with van der Waals surface area (Å²) in [6.45, 7) is 0.0341. The van der Waals surface area contributed by atoms with E-state index in [2.05, 4.69) is 30.0 Å². The largest absolute Gasteiger partial charge is 0.483 e. The Morgan fingerprint density at radius 1 is 1.13 bits per heavy atom. The van der Waals surface area contributed by atoms with Crippen LogP contribution in [0.2, 0.25) is 0 Å². The molecule has 0 radical (unpaired) electrons. The molecule has 198 valence electrons. The molecule has 1 amide bonds. The summed E-state index contributed by atoms with van der Waals surface area (Å²) < 4.78 is 82.1. The molecule has 1 atom stereocenters. The maximum atomic E-state index is 13.5. The number of halogens is 6. The number of nitrogens with one attached hydrogen (secondary N) is 1. The summed E-state index contributed by atoms with van der Waals surface area (Å²) >= 11 is 0. The molecule has 0 bridgehead atoms. The standard InChI is InChI=1S/C24H18F6N6O2/c1-13(19-20(33-7-6-32-19)16-3-2-15(10-34-16)38-12-23(25,26)27)35-21(37)14-8-17(22(11-31)4-5-22)36-18(9-14)24(28,29)30/h2-3,6-10,13H,4-5,12H2,1H3,(H,35,37). The Morgan fingerprint density at radius 3 is 2.42 bits per heavy atom. The van der Waals surface area contributed by atoms with Crippen LogP contribution in [0.4, 0.5) is 26.3 Å². The highest BCUT2D eigenvalue weighted by molar-refractivity contribution is 5.94. The second-order valence-corrected chi connectivity index (χ2v) is 8.59. The lowest BCUT2D eigenvalue weighted by atomic mass is 10.0. The van der Waals surface area contributed by atoms with Crippen LogP contribution in [-0.4, -0.2) is 38.6 Å². The number of nitriles is 1. The number of pyridine rings is 2. The van der Waals surface area contributed by atoms with Gasteiger partial charge in [0.25, 0.3) is 5.91 Å². The molecule has 1 N–H and O–H groups in total. The molecule has 0 aliphatic heterocycles. The van der Waals surface area contributed by atoms with Crippen molar-refractivity contribution >= 4 is 5.91 Å². The van der Waals surface area contributed by atoms with Gasteiger partial charge in [0, 0.05) is 18.0 Å². The number of aromatic nitrogens is 4. The highest BCUT2D eigenvalue weighted by atomic mass is 19.4. The Balaban J connectivity index is 1.57. The molecule has 1 aliphatic carbocycles. The summed E-state index contributed by atoms with van der Waals surface area (Å²) in [5, 5.41) is 12.0. The van der Waals surface area contributed by atoms with E-state index in [9.17, 15) is 36.4 Å². The number of hydrogen-bond acceptors (Lipinski definition) is 7. The van der Waals surface area contributed by atoms with Crippen LogP contribution >= 0.6 is 0 Å². The first-order valence-corrected chi connectivity index (χ1v) is 11.1. The fourth-order valence-corrected chi connectivity index (χ4v) is 3.58. The molecule has 3 aromatic heterocycles. The summed E-state index contributed by atoms with van der Waals surface area (Å²) in [6.07, 6.45) is -4.93. The van der Waals surface area contributed by atoms with E-state index >= 15 is 0 Å². The zero-order valence-electron chi connectivity index (χ0n) is 19.6. The van der Waals surface area contributed by atoms with E-state index in [4.69, 9.17) is 0 Å². The summed E-state index contributed by atoms with van der Waals surface area (Å²) in [5.41, 5.74) is -2.28. The number of carbonyl (C=O) groups excluding carboxylic acids is 1. The monoisotopic (exact) mass is 536 g/mol. The van der Waals surface area contributed by atoms with Gasteiger partial charge in [0.1, 0.15) is 17.1 Å². The van der Waals surface area contributed by atoms with E-state index in [0.29, 0.717) is 18.9 Å². The molecule has 4 rings (SSSR count). The van der Waals surface area contributed by atoms with Gasteiger partial charge in [-0.1, -0.05) is 0 Å². The van der Waals surface area contributed by atoms with E-state index in [1.807, 2.05) is 6.07 Å². The highest BCUT2D eigenvalue weighted by Gasteiger charge is 2.48. The van der Waals surface area contributed by atoms with Crippen LogP contribution in [0, 0.1) is 11.3 Å². The normalized spacial score (nSPS) is 15.3. The number of nitrogens with zero attached hydrogens (tertiary/aromatic N) is 5. The van der Waals surface area contributed by atoms with Gasteiger partial charge in [-0.2, -0.15) is 31.6 Å². The molecular weight excluding hydrogens is 518 g/mol. The maximum Gasteiger partial charge on any atom is 0.433 e. The SMILES string of the molecule is CC(NC(=O)c1cc(C(F)(F)F)nc(C2(C#N)CC2)c1)c1nccnc1-c1ccc(OCC(F)(F)F)cn1. The third kappa shape index (κ3) is 5.99. The first-order chi connectivity index (χ1) is 17.8. The van der Waals surface area contributed by atoms with Crippen molar-refractivity contribution < 1.29 is 35.9 Å². The Kier molecular flexibility index (Phi) is 6.96. The number of carbonyl (C=O) groups is 1. The second kappa shape index (κ2) is 9.88. The van der Waals surface area contributed by atoms with E-state index in [1.54, 1.807) is 0 Å². The van der Waals surface area contributed by atoms with E-state index in [-0.39, 0.29) is 34.1 Å². The average Bonchev–Trinajstić information content (AvgIpc) is 3.68. The molecule has 3 aromatic rings. The van der Waals surface area contributed by atoms with Gasteiger partial charge in [-0.25, -0.2) is 4.98 Å². The van der Waals surface area contributed by atoms with Crippen LogP contribution in [0.15, 0.2) is 42.9 Å². The number of rotatable bonds is 7. The van der Waals surface area contributed by atoms with Crippen LogP contribution < -0.4 is 10.1 Å². The number of ether oxygens (including phenoxy) is 1. The van der Waals surface area contributed by atoms with Gasteiger partial charge in [0.15, 0.2) is 6.61 Å². The maximum absolute atomic E-state index is 13.5. The van der Waals surface area contributed by atoms with Gasteiger partial charge < -0.3 is 10.1 Å². The number of amides is 1. The third-order valence-corrected chi connectivity index (χ3v) is 5.70. The molecule has 3 heterocycles. The Morgan fingerprint density at radius 2 is 1.84 bits per heavy atom. The highest BCUT2D eigenvalue weighted by Crippen LogP contribution is 2.47. The van der Waals surface area contributed by atoms with Gasteiger partial charge in [0.05, 0.1) is 40.8 Å². The predicted molar refractivity (Wildman–Crippen MR) is 118 cm³/mol. The van der Waals surface area contributed by atoms with Gasteiger partial charge in [-0.15, -0.1) is 0 Å². The van der Waals surface area contributed by atoms with Crippen molar-refractivity contribution in [3.8, 4) is 23.2 Å². The Bertz CT molecular complexity index is 1380. The van der Waals surface area contributed by atoms with Gasteiger partial charge in [-0.3, -0.25) is 19.7 Å². The molecule has 0 aromatic carbocycles. The lowest BCUT2D eigenvalue weighted by molar-refractivity contribution is -0.153. The molecule has 1 aliphatic rings. The number of hydrogen-bond donors (Lipinski definition) is 1. The molecule has 8 nitrogen and oxygen atoms in total. The van der Waals surface area contributed by atoms with Crippen molar-refractivity contribution in [2.45, 2.75) is 43.6 Å². The zero-order valence-corrected chi connectivity index (χ0v) is 19.6. The minimum absolute atomic E-state index is 0.121. The van der Waals surface area contributed by atoms with Crippen LogP contribution in [0.1, 0.15) is 53.2 Å². The molecule has 0 saturated heterocycles. The van der Waals surface area contributed by atoms with Gasteiger partial charge >= 0.3 is 12.4 Å². The molecule has 1 fully saturated rings. The average molecular weight is 536 g/mol. The van der Waals surface area contributed by atoms with Crippen LogP contribution in [-0.2, 0) is 11.6 Å². The smallest absolute Gasteiger partial charge is 0.433 e. The summed E-state index contributed by atoms with van der Waals surface area (Å²) in [4.78, 5) is 29.0. The predicted octanol–water partition coefficient (Wildman–Crippen LogP) is 4.94. The Hall–Kier alpha value is -4.28. The fourth-order valence-electron chi connectivity index (χ4n) is 3.58. The topological polar surface area (TPSA) is 114 Å². The lowest BCUT2D eigenvalue weighted by Crippen LogP contribution is -2.29. The van der Waals surface area contributed by atoms with Crippen molar-refractivity contribution in [2.75, 3.05) is 6.61 Å². The molecular formula is C24H18F6N6O2. The van der Waals surface area contributed by atoms with Crippen LogP contribution in [0.5, 0.6) is 5.75 Å². The van der Waals surface area contributed by atoms with Gasteiger partial charge in [-0.05, 0) is 44.0 Å². The fraction of sp³-hybridized carbons (Fsp3) is 0.333. The van der Waals surface area contributed by atoms with Crippen molar-refractivity contribution in [1.29, 1.82) is 5.26 Å². The third-order valence-electron chi connectivity index (χ3n) is 5.70. The van der Waals surface area contributed by atoms with Crippen molar-refractivity contribution in [2.24, 2.45) is 0 Å². The zero-order chi connectivity index (χ0) is 27.7. The first kappa shape index (κ1) is 26.8. The van der Waals surface area contributed by atoms with Crippen LogP contribution in [0.3, 0.4) is 0 Å². The van der Waals surface area contributed by atoms with Crippen molar-refractivity contribution in [3.63, 3.8) is 0 Å². The first-order valence-electron chi connectivity index (χ1n) is 11.1. The number of alkyl halides is 6. The summed E-state index contributed by atoms with van der Waals surface area (Å²) in [6, 6.07) is 5.50. The second-order valence-electron chi connectivity index (χ2n) is 8.59. The minimum Gasteiger partial charge on any atom is -0.483 e. The molecule has 0 spiro atoms. The summed E-state index contributed by atoms with van der Waals surface area (Å²) in [7, 11) is 0. The van der Waals surface area contributed by atoms with Crippen LogP contribution in [0.25, 0.3) is 11.4 Å². The minimum atomic E-state index is -4.83. The quantitative estimate of drug-likeness (QED) is 0.426. The van der Waals surface area contributed by atoms with E-state index in [0.717, 1.165) is 6.20 Å². The van der Waals surface area contributed by atoms with E-state index < -0.39 is 42.0 Å². The summed E-state index contributed by atoms with van der Waals surface area (Å²) in [5.74, 6) is -0.988. The van der Waals surface area contributed by atoms with E-state index in [1.165, 1.54) is 37.5 Å². The Labute approximate surface area is 211 Å². The molecule has 38 heavy (non-hydrogen) atoms. The molecule has 1 saturated carbocycles. The van der Waals surface area contributed by atoms with Gasteiger partial charge in [0.2, 0.25) is 0 Å². The molecule has 1 unspecified atom stereocenters. The van der Waals surface area contributed by atoms with Crippen molar-refractivity contribution in [3.05, 3.63) is 65.5 Å². The molecule has 14 heteroatoms. The van der Waals surface area contributed by atoms with Crippen molar-refractivity contribution in [1.82, 2.24) is 25.3 Å².